The highest BCUT2D eigenvalue weighted by atomic mass is 33.1. The Morgan fingerprint density at radius 2 is 1.97 bits per heavy atom. The van der Waals surface area contributed by atoms with Crippen molar-refractivity contribution >= 4 is 27.8 Å². The number of fused-ring (bicyclic) bond motifs is 1. The minimum absolute atomic E-state index is 0.0362. The number of aromatic hydroxyl groups is 1. The molecule has 190 valence electrons. The van der Waals surface area contributed by atoms with Crippen LogP contribution in [0.5, 0.6) is 17.2 Å². The third-order valence-corrected chi connectivity index (χ3v) is 9.32. The lowest BCUT2D eigenvalue weighted by Gasteiger charge is -2.32. The number of hydrogen-bond acceptors (Lipinski definition) is 7. The predicted octanol–water partition coefficient (Wildman–Crippen LogP) is 5.79. The molecule has 0 radical (unpaired) electrons. The second kappa shape index (κ2) is 12.2. The maximum atomic E-state index is 14.2. The molecule has 0 bridgehead atoms. The first-order chi connectivity index (χ1) is 17.0. The van der Waals surface area contributed by atoms with Gasteiger partial charge >= 0.3 is 0 Å². The molecular weight excluding hydrogens is 487 g/mol. The summed E-state index contributed by atoms with van der Waals surface area (Å²) in [6.07, 6.45) is 5.55. The van der Waals surface area contributed by atoms with Gasteiger partial charge in [-0.05, 0) is 65.7 Å². The van der Waals surface area contributed by atoms with Gasteiger partial charge in [0.25, 0.3) is 5.91 Å². The maximum Gasteiger partial charge on any atom is 0.257 e. The first kappa shape index (κ1) is 26.0. The molecule has 0 saturated heterocycles. The van der Waals surface area contributed by atoms with E-state index in [0.717, 1.165) is 30.8 Å². The van der Waals surface area contributed by atoms with Crippen molar-refractivity contribution in [2.45, 2.75) is 50.8 Å². The minimum atomic E-state index is -0.795. The van der Waals surface area contributed by atoms with Crippen LogP contribution >= 0.6 is 21.9 Å². The maximum absolute atomic E-state index is 14.2. The average molecular weight is 521 g/mol. The summed E-state index contributed by atoms with van der Waals surface area (Å²) < 4.78 is 25.6. The molecule has 0 spiro atoms. The van der Waals surface area contributed by atoms with Gasteiger partial charge in [0.15, 0.2) is 11.6 Å². The van der Waals surface area contributed by atoms with Crippen LogP contribution in [0.4, 0.5) is 4.39 Å². The van der Waals surface area contributed by atoms with Gasteiger partial charge in [-0.1, -0.05) is 31.9 Å². The van der Waals surface area contributed by atoms with Gasteiger partial charge in [0, 0.05) is 31.0 Å². The number of hydrogen-bond donors (Lipinski definition) is 2. The summed E-state index contributed by atoms with van der Waals surface area (Å²) in [6, 6.07) is 10.6. The highest BCUT2D eigenvalue weighted by Crippen LogP contribution is 2.41. The Morgan fingerprint density at radius 3 is 2.74 bits per heavy atom. The molecule has 1 aliphatic heterocycles. The smallest absolute Gasteiger partial charge is 0.257 e. The summed E-state index contributed by atoms with van der Waals surface area (Å²) in [7, 11) is 1.76. The van der Waals surface area contributed by atoms with Crippen LogP contribution in [0.3, 0.4) is 0 Å². The van der Waals surface area contributed by atoms with Gasteiger partial charge in [0.05, 0.1) is 5.56 Å². The summed E-state index contributed by atoms with van der Waals surface area (Å²) in [5, 5.41) is 10.1. The fraction of sp³-hybridized carbons (Fsp3) is 0.500. The molecule has 2 aliphatic rings. The lowest BCUT2D eigenvalue weighted by atomic mass is 9.79. The van der Waals surface area contributed by atoms with E-state index >= 15 is 0 Å². The van der Waals surface area contributed by atoms with E-state index in [1.54, 1.807) is 21.8 Å². The third kappa shape index (κ3) is 6.57. The van der Waals surface area contributed by atoms with E-state index in [9.17, 15) is 14.3 Å². The number of nitrogens with two attached hydrogens (primary N) is 1. The molecule has 4 rings (SSSR count). The number of phenols is 1. The summed E-state index contributed by atoms with van der Waals surface area (Å²) in [5.41, 5.74) is 6.18. The zero-order valence-electron chi connectivity index (χ0n) is 20.0. The molecule has 1 aliphatic carbocycles. The Labute approximate surface area is 214 Å². The summed E-state index contributed by atoms with van der Waals surface area (Å²) >= 11 is 1.41. The number of benzene rings is 2. The molecule has 1 fully saturated rings. The van der Waals surface area contributed by atoms with Gasteiger partial charge in [-0.15, -0.1) is 0 Å². The number of nitrogens with zero attached hydrogens (tertiary/aromatic N) is 1. The summed E-state index contributed by atoms with van der Waals surface area (Å²) in [4.78, 5) is 14.3. The number of phenolic OH excluding ortho intramolecular Hbond substituents is 1. The van der Waals surface area contributed by atoms with Crippen LogP contribution in [-0.4, -0.2) is 40.9 Å². The zero-order valence-corrected chi connectivity index (χ0v) is 21.6. The molecule has 3 N–H and O–H groups in total. The Kier molecular flexibility index (Phi) is 9.08. The molecule has 1 heterocycles. The van der Waals surface area contributed by atoms with E-state index in [1.165, 1.54) is 30.0 Å². The van der Waals surface area contributed by atoms with Gasteiger partial charge in [-0.25, -0.2) is 4.39 Å². The fourth-order valence-electron chi connectivity index (χ4n) is 4.86. The number of carbonyl (C=O) groups is 1. The summed E-state index contributed by atoms with van der Waals surface area (Å²) in [5.74, 6) is 1.18. The van der Waals surface area contributed by atoms with E-state index in [1.807, 2.05) is 24.3 Å². The monoisotopic (exact) mass is 520 g/mol. The molecule has 2 aromatic carbocycles. The van der Waals surface area contributed by atoms with Crippen molar-refractivity contribution in [1.29, 1.82) is 0 Å². The predicted molar refractivity (Wildman–Crippen MR) is 139 cm³/mol. The van der Waals surface area contributed by atoms with E-state index in [0.29, 0.717) is 48.9 Å². The lowest BCUT2D eigenvalue weighted by Crippen LogP contribution is -2.28. The Hall–Kier alpha value is -2.10. The molecule has 0 aromatic heterocycles. The molecule has 1 unspecified atom stereocenters. The third-order valence-electron chi connectivity index (χ3n) is 6.95. The number of halogens is 1. The second-order valence-electron chi connectivity index (χ2n) is 9.29. The normalized spacial score (nSPS) is 20.5. The molecule has 2 aromatic rings. The number of carbonyl (C=O) groups excluding carboxylic acids is 1. The second-order valence-corrected chi connectivity index (χ2v) is 11.5. The van der Waals surface area contributed by atoms with E-state index in [2.05, 4.69) is 6.92 Å². The topological polar surface area (TPSA) is 85.0 Å². The Bertz CT molecular complexity index is 1020. The van der Waals surface area contributed by atoms with Gasteiger partial charge in [0.1, 0.15) is 29.2 Å². The minimum Gasteiger partial charge on any atom is -0.505 e. The van der Waals surface area contributed by atoms with Gasteiger partial charge in [0.2, 0.25) is 0 Å². The number of amides is 1. The van der Waals surface area contributed by atoms with Crippen LogP contribution in [0.2, 0.25) is 0 Å². The Morgan fingerprint density at radius 1 is 1.20 bits per heavy atom. The highest BCUT2D eigenvalue weighted by Gasteiger charge is 2.33. The van der Waals surface area contributed by atoms with Crippen LogP contribution in [0, 0.1) is 17.7 Å². The standard InChI is InChI=1S/C26H33FN2O4S2/c1-17(34-35-33-22-4-2-3-21(15-22)32-14-12-28)19-7-5-18(6-8-19)11-13-29-16-20-9-10-23(30)25(27)24(20)26(29)31/h2-4,9-10,15,17-19,30H,5-8,11-14,16,28H2,1H3. The largest absolute Gasteiger partial charge is 0.505 e. The van der Waals surface area contributed by atoms with Crippen molar-refractivity contribution in [1.82, 2.24) is 4.90 Å². The van der Waals surface area contributed by atoms with E-state index < -0.39 is 11.6 Å². The van der Waals surface area contributed by atoms with Crippen LogP contribution in [0.15, 0.2) is 36.4 Å². The number of ether oxygens (including phenoxy) is 1. The van der Waals surface area contributed by atoms with Crippen molar-refractivity contribution in [3.63, 3.8) is 0 Å². The highest BCUT2D eigenvalue weighted by molar-refractivity contribution is 8.75. The molecule has 6 nitrogen and oxygen atoms in total. The fourth-order valence-corrected chi connectivity index (χ4v) is 6.83. The average Bonchev–Trinajstić information content (AvgIpc) is 3.20. The van der Waals surface area contributed by atoms with Crippen molar-refractivity contribution in [3.05, 3.63) is 53.3 Å². The zero-order chi connectivity index (χ0) is 24.8. The van der Waals surface area contributed by atoms with Crippen LogP contribution in [-0.2, 0) is 6.54 Å². The van der Waals surface area contributed by atoms with Gasteiger partial charge in [-0.2, -0.15) is 0 Å². The molecule has 1 amide bonds. The number of rotatable bonds is 11. The lowest BCUT2D eigenvalue weighted by molar-refractivity contribution is 0.0759. The molecular formula is C26H33FN2O4S2. The van der Waals surface area contributed by atoms with Crippen LogP contribution < -0.4 is 14.7 Å². The van der Waals surface area contributed by atoms with Crippen molar-refractivity contribution in [2.24, 2.45) is 17.6 Å². The molecule has 9 heteroatoms. The van der Waals surface area contributed by atoms with Gasteiger partial charge < -0.3 is 24.7 Å². The SMILES string of the molecule is CC(SSOc1cccc(OCCN)c1)C1CCC(CCN2Cc3ccc(O)c(F)c3C2=O)CC1. The van der Waals surface area contributed by atoms with E-state index in [4.69, 9.17) is 14.7 Å². The molecule has 1 saturated carbocycles. The quantitative estimate of drug-likeness (QED) is 0.287. The van der Waals surface area contributed by atoms with Crippen LogP contribution in [0.1, 0.15) is 54.9 Å². The molecule has 1 atom stereocenters. The van der Waals surface area contributed by atoms with Crippen molar-refractivity contribution < 1.29 is 23.2 Å². The Balaban J connectivity index is 1.15. The van der Waals surface area contributed by atoms with Crippen molar-refractivity contribution in [3.8, 4) is 17.2 Å². The van der Waals surface area contributed by atoms with Gasteiger partial charge in [-0.3, -0.25) is 4.79 Å². The van der Waals surface area contributed by atoms with Crippen LogP contribution in [0.25, 0.3) is 0 Å². The first-order valence-electron chi connectivity index (χ1n) is 12.2. The first-order valence-corrected chi connectivity index (χ1v) is 14.3. The van der Waals surface area contributed by atoms with Crippen molar-refractivity contribution in [2.75, 3.05) is 19.7 Å². The summed E-state index contributed by atoms with van der Waals surface area (Å²) in [6.45, 7) is 4.28. The van der Waals surface area contributed by atoms with E-state index in [-0.39, 0.29) is 11.5 Å². The molecule has 35 heavy (non-hydrogen) atoms.